The average Bonchev–Trinajstić information content (AvgIpc) is 2.88. The zero-order valence-electron chi connectivity index (χ0n) is 18.4. The summed E-state index contributed by atoms with van der Waals surface area (Å²) < 4.78 is 22.3. The minimum Gasteiger partial charge on any atom is -0.497 e. The van der Waals surface area contributed by atoms with Gasteiger partial charge in [-0.2, -0.15) is 5.26 Å². The van der Waals surface area contributed by atoms with Crippen molar-refractivity contribution >= 4 is 11.0 Å². The van der Waals surface area contributed by atoms with E-state index >= 15 is 0 Å². The predicted molar refractivity (Wildman–Crippen MR) is 125 cm³/mol. The summed E-state index contributed by atoms with van der Waals surface area (Å²) in [5.41, 5.74) is 8.42. The Bertz CT molecular complexity index is 1550. The molecule has 5 rings (SSSR count). The molecule has 1 unspecified atom stereocenters. The molecule has 8 nitrogen and oxygen atoms in total. The number of hydrogen-bond donors (Lipinski definition) is 1. The number of nitrogens with two attached hydrogens (primary N) is 1. The van der Waals surface area contributed by atoms with Crippen LogP contribution in [0, 0.1) is 11.3 Å². The highest BCUT2D eigenvalue weighted by molar-refractivity contribution is 5.87. The van der Waals surface area contributed by atoms with Crippen LogP contribution in [-0.2, 0) is 0 Å². The van der Waals surface area contributed by atoms with Gasteiger partial charge in [-0.25, -0.2) is 4.79 Å². The molecule has 0 amide bonds. The van der Waals surface area contributed by atoms with Crippen LogP contribution in [0.5, 0.6) is 17.2 Å². The second-order valence-corrected chi connectivity index (χ2v) is 7.62. The summed E-state index contributed by atoms with van der Waals surface area (Å²) in [5, 5.41) is 10.5. The van der Waals surface area contributed by atoms with Crippen LogP contribution in [0.15, 0.2) is 81.6 Å². The molecule has 1 aliphatic rings. The van der Waals surface area contributed by atoms with Crippen molar-refractivity contribution in [1.29, 1.82) is 5.26 Å². The van der Waals surface area contributed by atoms with Crippen LogP contribution < -0.4 is 25.6 Å². The third-order valence-corrected chi connectivity index (χ3v) is 5.80. The highest BCUT2D eigenvalue weighted by atomic mass is 16.5. The van der Waals surface area contributed by atoms with Gasteiger partial charge in [0.2, 0.25) is 5.88 Å². The van der Waals surface area contributed by atoms with Crippen molar-refractivity contribution in [2.45, 2.75) is 5.92 Å². The highest BCUT2D eigenvalue weighted by Gasteiger charge is 2.36. The largest absolute Gasteiger partial charge is 0.497 e. The van der Waals surface area contributed by atoms with Gasteiger partial charge in [0.1, 0.15) is 28.7 Å². The SMILES string of the molecule is COc1ccc2oc(=O)c3c(c2c1)OC(N)=C(C#N)C3c1ccc(OC)c(-c2cccnc2)c1. The normalized spacial score (nSPS) is 14.8. The Balaban J connectivity index is 1.80. The van der Waals surface area contributed by atoms with Crippen molar-refractivity contribution in [2.75, 3.05) is 14.2 Å². The minimum absolute atomic E-state index is 0.0755. The van der Waals surface area contributed by atoms with E-state index in [1.807, 2.05) is 18.2 Å². The summed E-state index contributed by atoms with van der Waals surface area (Å²) in [6.45, 7) is 0. The van der Waals surface area contributed by atoms with E-state index < -0.39 is 11.5 Å². The molecule has 2 aromatic heterocycles. The standard InChI is InChI=1S/C26H19N3O5/c1-31-16-6-8-21-18(11-16)24-23(26(30)33-21)22(19(12-27)25(28)34-24)14-5-7-20(32-2)17(10-14)15-4-3-9-29-13-15/h3-11,13,22H,28H2,1-2H3. The number of pyridine rings is 1. The fourth-order valence-electron chi connectivity index (χ4n) is 4.21. The molecule has 0 saturated carbocycles. The van der Waals surface area contributed by atoms with Crippen molar-refractivity contribution in [3.05, 3.63) is 93.9 Å². The Morgan fingerprint density at radius 3 is 2.68 bits per heavy atom. The summed E-state index contributed by atoms with van der Waals surface area (Å²) in [6.07, 6.45) is 3.39. The third-order valence-electron chi connectivity index (χ3n) is 5.80. The maximum atomic E-state index is 13.2. The highest BCUT2D eigenvalue weighted by Crippen LogP contribution is 2.45. The van der Waals surface area contributed by atoms with Gasteiger partial charge in [-0.15, -0.1) is 0 Å². The maximum Gasteiger partial charge on any atom is 0.344 e. The fraction of sp³-hybridized carbons (Fsp3) is 0.115. The molecular weight excluding hydrogens is 434 g/mol. The number of allylic oxidation sites excluding steroid dienone is 1. The van der Waals surface area contributed by atoms with Gasteiger partial charge in [0.25, 0.3) is 0 Å². The molecule has 168 valence electrons. The van der Waals surface area contributed by atoms with Crippen molar-refractivity contribution < 1.29 is 18.6 Å². The number of nitrogens with zero attached hydrogens (tertiary/aromatic N) is 2. The number of rotatable bonds is 4. The van der Waals surface area contributed by atoms with E-state index in [1.165, 1.54) is 7.11 Å². The Labute approximate surface area is 194 Å². The molecule has 2 N–H and O–H groups in total. The number of methoxy groups -OCH3 is 2. The summed E-state index contributed by atoms with van der Waals surface area (Å²) in [5.74, 6) is 0.538. The zero-order valence-corrected chi connectivity index (χ0v) is 18.4. The van der Waals surface area contributed by atoms with Gasteiger partial charge in [0.15, 0.2) is 5.75 Å². The van der Waals surface area contributed by atoms with Crippen molar-refractivity contribution in [1.82, 2.24) is 4.98 Å². The second-order valence-electron chi connectivity index (χ2n) is 7.62. The first-order valence-corrected chi connectivity index (χ1v) is 10.4. The van der Waals surface area contributed by atoms with Crippen LogP contribution in [0.2, 0.25) is 0 Å². The lowest BCUT2D eigenvalue weighted by atomic mass is 9.82. The van der Waals surface area contributed by atoms with Gasteiger partial charge in [-0.1, -0.05) is 12.1 Å². The van der Waals surface area contributed by atoms with E-state index in [-0.39, 0.29) is 22.8 Å². The predicted octanol–water partition coefficient (Wildman–Crippen LogP) is 4.09. The van der Waals surface area contributed by atoms with Gasteiger partial charge in [-0.05, 0) is 42.0 Å². The Hall–Kier alpha value is -4.77. The first kappa shape index (κ1) is 21.1. The molecule has 0 aliphatic carbocycles. The van der Waals surface area contributed by atoms with E-state index in [0.717, 1.165) is 11.1 Å². The van der Waals surface area contributed by atoms with Gasteiger partial charge >= 0.3 is 5.63 Å². The molecule has 1 aliphatic heterocycles. The molecule has 3 heterocycles. The smallest absolute Gasteiger partial charge is 0.344 e. The van der Waals surface area contributed by atoms with Crippen molar-refractivity contribution in [3.63, 3.8) is 0 Å². The Morgan fingerprint density at radius 2 is 1.97 bits per heavy atom. The number of hydrogen-bond acceptors (Lipinski definition) is 8. The summed E-state index contributed by atoms with van der Waals surface area (Å²) in [7, 11) is 3.11. The van der Waals surface area contributed by atoms with E-state index in [2.05, 4.69) is 11.1 Å². The Morgan fingerprint density at radius 1 is 1.12 bits per heavy atom. The van der Waals surface area contributed by atoms with Gasteiger partial charge < -0.3 is 24.4 Å². The summed E-state index contributed by atoms with van der Waals surface area (Å²) in [6, 6.07) is 16.3. The summed E-state index contributed by atoms with van der Waals surface area (Å²) >= 11 is 0. The maximum absolute atomic E-state index is 13.2. The van der Waals surface area contributed by atoms with Gasteiger partial charge in [0, 0.05) is 23.5 Å². The Kier molecular flexibility index (Phi) is 5.15. The fourth-order valence-corrected chi connectivity index (χ4v) is 4.21. The van der Waals surface area contributed by atoms with Crippen LogP contribution in [0.4, 0.5) is 0 Å². The van der Waals surface area contributed by atoms with E-state index in [9.17, 15) is 10.1 Å². The molecule has 1 atom stereocenters. The van der Waals surface area contributed by atoms with Crippen LogP contribution in [0.25, 0.3) is 22.1 Å². The number of aromatic nitrogens is 1. The van der Waals surface area contributed by atoms with Crippen molar-refractivity contribution in [3.8, 4) is 34.4 Å². The monoisotopic (exact) mass is 453 g/mol. The van der Waals surface area contributed by atoms with Gasteiger partial charge in [0.05, 0.1) is 31.1 Å². The minimum atomic E-state index is -0.804. The molecule has 8 heteroatoms. The summed E-state index contributed by atoms with van der Waals surface area (Å²) in [4.78, 5) is 17.4. The van der Waals surface area contributed by atoms with Crippen LogP contribution in [0.1, 0.15) is 17.0 Å². The number of benzene rings is 2. The molecular formula is C26H19N3O5. The molecule has 4 aromatic rings. The topological polar surface area (TPSA) is 121 Å². The first-order chi connectivity index (χ1) is 16.5. The molecule has 0 radical (unpaired) electrons. The van der Waals surface area contributed by atoms with Crippen LogP contribution in [0.3, 0.4) is 0 Å². The van der Waals surface area contributed by atoms with Crippen molar-refractivity contribution in [2.24, 2.45) is 5.73 Å². The lowest BCUT2D eigenvalue weighted by molar-refractivity contribution is 0.386. The van der Waals surface area contributed by atoms with Crippen LogP contribution >= 0.6 is 0 Å². The van der Waals surface area contributed by atoms with E-state index in [1.54, 1.807) is 49.8 Å². The van der Waals surface area contributed by atoms with Gasteiger partial charge in [-0.3, -0.25) is 4.98 Å². The molecule has 0 bridgehead atoms. The average molecular weight is 453 g/mol. The quantitative estimate of drug-likeness (QED) is 0.459. The number of nitriles is 1. The van der Waals surface area contributed by atoms with E-state index in [4.69, 9.17) is 24.4 Å². The molecule has 0 spiro atoms. The first-order valence-electron chi connectivity index (χ1n) is 10.4. The third kappa shape index (κ3) is 3.31. The lowest BCUT2D eigenvalue weighted by Gasteiger charge is -2.26. The van der Waals surface area contributed by atoms with Crippen LogP contribution in [-0.4, -0.2) is 19.2 Å². The molecule has 34 heavy (non-hydrogen) atoms. The number of ether oxygens (including phenoxy) is 3. The lowest BCUT2D eigenvalue weighted by Crippen LogP contribution is -2.26. The van der Waals surface area contributed by atoms with E-state index in [0.29, 0.717) is 28.0 Å². The second kappa shape index (κ2) is 8.30. The molecule has 0 saturated heterocycles. The number of fused-ring (bicyclic) bond motifs is 3. The zero-order chi connectivity index (χ0) is 23.8. The molecule has 2 aromatic carbocycles. The molecule has 0 fully saturated rings.